The van der Waals surface area contributed by atoms with E-state index in [-0.39, 0.29) is 54.5 Å². The summed E-state index contributed by atoms with van der Waals surface area (Å²) in [6.07, 6.45) is 0.891. The van der Waals surface area contributed by atoms with E-state index in [0.29, 0.717) is 78.5 Å². The number of carboxylic acids is 1. The third kappa shape index (κ3) is 23.0. The normalized spacial score (nSPS) is 10.7. The van der Waals surface area contributed by atoms with E-state index in [2.05, 4.69) is 52.6 Å². The van der Waals surface area contributed by atoms with Gasteiger partial charge in [-0.25, -0.2) is 81.8 Å². The highest BCUT2D eigenvalue weighted by Crippen LogP contribution is 2.39. The van der Waals surface area contributed by atoms with Gasteiger partial charge in [-0.1, -0.05) is 218 Å². The van der Waals surface area contributed by atoms with Gasteiger partial charge in [-0.3, -0.25) is 4.79 Å². The third-order valence-corrected chi connectivity index (χ3v) is 25.9. The second kappa shape index (κ2) is 45.2. The number of aliphatic hydroxyl groups excluding tert-OH is 1. The molecule has 31 nitrogen and oxygen atoms in total. The first-order valence-corrected chi connectivity index (χ1v) is 46.7. The number of halogens is 1. The molecule has 3 aromatic heterocycles. The van der Waals surface area contributed by atoms with Gasteiger partial charge in [0.25, 0.3) is 29.1 Å². The molecule has 0 radical (unpaired) electrons. The average Bonchev–Trinajstić information content (AvgIpc) is 1.58. The van der Waals surface area contributed by atoms with Crippen molar-refractivity contribution in [3.63, 3.8) is 0 Å². The largest absolute Gasteiger partial charge is 0.478 e. The lowest BCUT2D eigenvalue weighted by Crippen LogP contribution is -2.15. The highest BCUT2D eigenvalue weighted by Gasteiger charge is 2.30. The number of esters is 4. The number of imidazole rings is 3. The van der Waals surface area contributed by atoms with Crippen molar-refractivity contribution >= 4 is 186 Å². The number of benzene rings is 16. The number of nitrogen functional groups attached to an aromatic ring is 4. The SMILES string of the molecule is CO.COC(=O)c1ccc(N)c(N)c1.COC(=O)c1ccc2nc(-c3cccc4ccccc34)[nH]c2c1.N#Cc1ccc(S(=O)(=O)Cl)cc1.Nc1ccc(C(=O)O)cc1N.O=Cc1cccc2ccccc12.[C-]#[N+]c1ccc(S(=O)(=O)n2c(-c3cccc4ccccc34)nc3cc(C(=O)OC)ccc32)cc1.[C-]#[N+]c1ccc(S(=O)(=O)n2c(-c3cccc4ccccc34)nc3ccc(C(=O)OC)cc32)cc1. The van der Waals surface area contributed by atoms with Crippen molar-refractivity contribution < 1.29 is 83.2 Å². The van der Waals surface area contributed by atoms with E-state index in [1.165, 1.54) is 153 Å². The van der Waals surface area contributed by atoms with Crippen LogP contribution in [0.3, 0.4) is 0 Å². The molecule has 0 amide bonds. The number of nitrogens with two attached hydrogens (primary N) is 4. The number of aromatic nitrogens is 6. The number of aromatic amines is 1. The molecule has 700 valence electrons. The third-order valence-electron chi connectivity index (χ3n) is 21.1. The second-order valence-electron chi connectivity index (χ2n) is 29.6. The lowest BCUT2D eigenvalue weighted by Gasteiger charge is -2.13. The van der Waals surface area contributed by atoms with Crippen molar-refractivity contribution in [2.75, 3.05) is 58.5 Å². The Labute approximate surface area is 806 Å². The lowest BCUT2D eigenvalue weighted by molar-refractivity contribution is 0.0592. The highest BCUT2D eigenvalue weighted by atomic mass is 35.7. The summed E-state index contributed by atoms with van der Waals surface area (Å²) in [6.45, 7) is 14.3. The molecule has 3 heterocycles. The number of methoxy groups -OCH3 is 4. The Morgan fingerprint density at radius 2 is 0.764 bits per heavy atom. The molecule has 0 saturated heterocycles. The standard InChI is InChI=1S/2C26H17N3O4S.C19H14N2O2.C11H8O.C8H10N2O2.C7H4ClNO2S.C7H8N2O2.CH4O/c1-27-19-11-13-20(14-12-19)34(31,32)29-24-15-10-18(26(30)33-2)16-23(24)28-25(29)22-9-5-7-17-6-3-4-8-21(17)22;1-27-19-11-13-20(14-12-19)34(31,32)29-24-16-18(26(30)33-2)10-15-23(24)28-25(29)22-9-5-7-17-6-3-4-8-21(17)22;1-23-19(22)13-9-10-16-17(11-13)21-18(20-16)15-8-4-6-12-5-2-3-7-14(12)15;12-8-10-6-3-5-9-4-1-2-7-11(9)10;1-12-8(11)5-2-3-6(9)7(10)4-5;8-12(10,11)7-3-1-6(5-9)2-4-7;8-5-2-1-4(7(10)11)3-6(5)9;1-2/h2*3-16H,2H3;2-11H,1H3,(H,20,21);1-8H;2-4H,9-10H2,1H3;1-4H;1-3H,8-9H2,(H,10,11);2H,1H3. The molecule has 11 N–H and O–H groups in total. The first kappa shape index (κ1) is 101. The molecule has 0 saturated carbocycles. The van der Waals surface area contributed by atoms with E-state index >= 15 is 0 Å². The number of fused-ring (bicyclic) bond motifs is 7. The zero-order valence-corrected chi connectivity index (χ0v) is 78.0. The average molecular weight is 1950 g/mol. The van der Waals surface area contributed by atoms with E-state index in [4.69, 9.17) is 76.4 Å². The van der Waals surface area contributed by atoms with E-state index < -0.39 is 53.0 Å². The Morgan fingerprint density at radius 3 is 1.21 bits per heavy atom. The molecule has 0 spiro atoms. The zero-order valence-electron chi connectivity index (χ0n) is 74.7. The predicted octanol–water partition coefficient (Wildman–Crippen LogP) is 20.0. The summed E-state index contributed by atoms with van der Waals surface area (Å²) in [5.74, 6) is -1.66. The summed E-state index contributed by atoms with van der Waals surface area (Å²) in [5.41, 5.74) is 31.9. The fourth-order valence-corrected chi connectivity index (χ4v) is 18.0. The van der Waals surface area contributed by atoms with E-state index in [1.807, 2.05) is 164 Å². The van der Waals surface area contributed by atoms with Crippen LogP contribution in [-0.4, -0.2) is 135 Å². The van der Waals surface area contributed by atoms with Gasteiger partial charge in [0.15, 0.2) is 29.3 Å². The number of nitriles is 1. The second-order valence-corrected chi connectivity index (χ2v) is 35.8. The maximum absolute atomic E-state index is 13.9. The van der Waals surface area contributed by atoms with Crippen LogP contribution in [0.15, 0.2) is 348 Å². The van der Waals surface area contributed by atoms with Gasteiger partial charge in [0, 0.05) is 40.0 Å². The molecule has 19 rings (SSSR count). The number of carboxylic acid groups (broad SMARTS) is 1. The molecule has 0 unspecified atom stereocenters. The summed E-state index contributed by atoms with van der Waals surface area (Å²) in [6, 6.07) is 96.5. The molecular weight excluding hydrogens is 1860 g/mol. The van der Waals surface area contributed by atoms with Crippen molar-refractivity contribution in [1.82, 2.24) is 27.9 Å². The van der Waals surface area contributed by atoms with Gasteiger partial charge in [0.05, 0.1) is 152 Å². The topological polar surface area (TPSA) is 483 Å². The van der Waals surface area contributed by atoms with Gasteiger partial charge in [-0.15, -0.1) is 0 Å². The number of aldehydes is 1. The first-order chi connectivity index (χ1) is 67.3. The Morgan fingerprint density at radius 1 is 0.400 bits per heavy atom. The first-order valence-electron chi connectivity index (χ1n) is 41.5. The minimum atomic E-state index is -4.14. The molecule has 35 heteroatoms. The van der Waals surface area contributed by atoms with Crippen molar-refractivity contribution in [3.8, 4) is 40.2 Å². The quantitative estimate of drug-likeness (QED) is 0.0133. The summed E-state index contributed by atoms with van der Waals surface area (Å²) >= 11 is 0. The monoisotopic (exact) mass is 1940 g/mol. The van der Waals surface area contributed by atoms with Gasteiger partial charge in [-0.2, -0.15) is 5.26 Å². The van der Waals surface area contributed by atoms with Crippen molar-refractivity contribution in [2.45, 2.75) is 14.7 Å². The summed E-state index contributed by atoms with van der Waals surface area (Å²) in [5, 5.41) is 31.9. The number of carbonyl (C=O) groups is 6. The fraction of sp³-hybridized carbons (Fsp3) is 0.0476. The van der Waals surface area contributed by atoms with E-state index in [9.17, 15) is 54.0 Å². The van der Waals surface area contributed by atoms with Crippen molar-refractivity contribution in [1.29, 1.82) is 5.26 Å². The number of ether oxygens (including phenoxy) is 4. The van der Waals surface area contributed by atoms with Crippen molar-refractivity contribution in [3.05, 3.63) is 395 Å². The number of anilines is 4. The van der Waals surface area contributed by atoms with Crippen LogP contribution in [0.1, 0.15) is 67.7 Å². The van der Waals surface area contributed by atoms with Crippen molar-refractivity contribution in [2.24, 2.45) is 0 Å². The maximum atomic E-state index is 13.9. The maximum Gasteiger partial charge on any atom is 0.337 e. The van der Waals surface area contributed by atoms with Crippen LogP contribution in [0.25, 0.3) is 120 Å². The number of carbonyl (C=O) groups excluding carboxylic acids is 5. The van der Waals surface area contributed by atoms with Crippen LogP contribution in [0.4, 0.5) is 34.1 Å². The number of H-pyrrole nitrogens is 1. The van der Waals surface area contributed by atoms with E-state index in [1.54, 1.807) is 42.5 Å². The van der Waals surface area contributed by atoms with Gasteiger partial charge in [-0.05, 0) is 158 Å². The molecular formula is C105H82ClN13O18S3. The molecule has 16 aromatic carbocycles. The summed E-state index contributed by atoms with van der Waals surface area (Å²) < 4.78 is 98.2. The highest BCUT2D eigenvalue weighted by molar-refractivity contribution is 8.13. The molecule has 0 fully saturated rings. The van der Waals surface area contributed by atoms with Gasteiger partial charge in [0.2, 0.25) is 0 Å². The zero-order chi connectivity index (χ0) is 101. The molecule has 140 heavy (non-hydrogen) atoms. The minimum Gasteiger partial charge on any atom is -0.478 e. The lowest BCUT2D eigenvalue weighted by atomic mass is 10.0. The number of hydrogen-bond donors (Lipinski definition) is 7. The number of rotatable bonds is 14. The van der Waals surface area contributed by atoms with Crippen LogP contribution in [0.5, 0.6) is 0 Å². The minimum absolute atomic E-state index is 0.00293. The fourth-order valence-electron chi connectivity index (χ4n) is 14.3. The Bertz CT molecular complexity index is 8380. The molecule has 0 aliphatic carbocycles. The molecule has 0 aliphatic heterocycles. The number of aliphatic hydroxyl groups is 1. The Hall–Kier alpha value is -18.2. The molecule has 0 atom stereocenters. The summed E-state index contributed by atoms with van der Waals surface area (Å²) in [4.78, 5) is 91.8. The van der Waals surface area contributed by atoms with Crippen LogP contribution in [0, 0.1) is 24.5 Å². The molecule has 0 bridgehead atoms. The number of aromatic carboxylic acids is 1. The van der Waals surface area contributed by atoms with Crippen LogP contribution in [0.2, 0.25) is 0 Å². The Balaban J connectivity index is 0.000000153. The number of nitrogens with one attached hydrogen (secondary N) is 1. The van der Waals surface area contributed by atoms with Gasteiger partial charge in [0.1, 0.15) is 5.82 Å². The van der Waals surface area contributed by atoms with Gasteiger partial charge >= 0.3 is 29.8 Å². The van der Waals surface area contributed by atoms with Gasteiger partial charge < -0.3 is 57.1 Å². The predicted molar refractivity (Wildman–Crippen MR) is 539 cm³/mol. The van der Waals surface area contributed by atoms with Crippen LogP contribution >= 0.6 is 10.7 Å². The summed E-state index contributed by atoms with van der Waals surface area (Å²) in [7, 11) is -0.628. The molecule has 19 aromatic rings. The van der Waals surface area contributed by atoms with Crippen LogP contribution in [-0.2, 0) is 48.0 Å². The number of hydrogen-bond acceptors (Lipinski definition) is 25. The van der Waals surface area contributed by atoms with Crippen LogP contribution < -0.4 is 22.9 Å². The molecule has 0 aliphatic rings. The Kier molecular flexibility index (Phi) is 32.5. The number of nitrogens with zero attached hydrogens (tertiary/aromatic N) is 8. The smallest absolute Gasteiger partial charge is 0.337 e. The van der Waals surface area contributed by atoms with E-state index in [0.717, 1.165) is 83.1 Å².